The molecule has 1 heterocycles. The van der Waals surface area contributed by atoms with Crippen molar-refractivity contribution in [1.82, 2.24) is 9.78 Å². The fraction of sp³-hybridized carbons (Fsp3) is 0.167. The van der Waals surface area contributed by atoms with Gasteiger partial charge in [0.2, 0.25) is 0 Å². The molecule has 0 atom stereocenters. The average Bonchev–Trinajstić information content (AvgIpc) is 2.53. The number of benzene rings is 1. The summed E-state index contributed by atoms with van der Waals surface area (Å²) < 4.78 is 2.54. The van der Waals surface area contributed by atoms with Gasteiger partial charge in [-0.1, -0.05) is 17.7 Å². The number of aromatic nitrogens is 2. The predicted molar refractivity (Wildman–Crippen MR) is 80.1 cm³/mol. The predicted octanol–water partition coefficient (Wildman–Crippen LogP) is 3.24. The summed E-state index contributed by atoms with van der Waals surface area (Å²) in [6.45, 7) is 1.76. The van der Waals surface area contributed by atoms with E-state index in [1.807, 2.05) is 24.3 Å². The van der Waals surface area contributed by atoms with Crippen molar-refractivity contribution >= 4 is 45.8 Å². The smallest absolute Gasteiger partial charge is 0.260 e. The van der Waals surface area contributed by atoms with E-state index in [1.54, 1.807) is 14.0 Å². The van der Waals surface area contributed by atoms with E-state index in [2.05, 4.69) is 33.0 Å². The second kappa shape index (κ2) is 5.27. The summed E-state index contributed by atoms with van der Waals surface area (Å²) in [5, 5.41) is 7.27. The highest BCUT2D eigenvalue weighted by atomic mass is 127. The third-order valence-corrected chi connectivity index (χ3v) is 3.57. The van der Waals surface area contributed by atoms with Gasteiger partial charge in [-0.15, -0.1) is 0 Å². The summed E-state index contributed by atoms with van der Waals surface area (Å²) >= 11 is 8.24. The minimum atomic E-state index is -0.243. The molecule has 2 aromatic rings. The van der Waals surface area contributed by atoms with Crippen LogP contribution in [0.4, 0.5) is 5.69 Å². The third kappa shape index (κ3) is 2.67. The maximum absolute atomic E-state index is 12.1. The summed E-state index contributed by atoms with van der Waals surface area (Å²) in [6.07, 6.45) is 0. The first-order valence-corrected chi connectivity index (χ1v) is 6.70. The van der Waals surface area contributed by atoms with Crippen LogP contribution in [-0.4, -0.2) is 15.7 Å². The molecule has 6 heteroatoms. The average molecular weight is 376 g/mol. The molecule has 1 aromatic carbocycles. The van der Waals surface area contributed by atoms with Crippen LogP contribution in [0, 0.1) is 10.5 Å². The van der Waals surface area contributed by atoms with Gasteiger partial charge in [-0.25, -0.2) is 0 Å². The monoisotopic (exact) mass is 375 g/mol. The van der Waals surface area contributed by atoms with Crippen molar-refractivity contribution in [2.45, 2.75) is 6.92 Å². The highest BCUT2D eigenvalue weighted by molar-refractivity contribution is 14.1. The van der Waals surface area contributed by atoms with Gasteiger partial charge in [-0.2, -0.15) is 5.10 Å². The zero-order valence-corrected chi connectivity index (χ0v) is 12.8. The van der Waals surface area contributed by atoms with Gasteiger partial charge >= 0.3 is 0 Å². The minimum absolute atomic E-state index is 0.243. The van der Waals surface area contributed by atoms with Crippen LogP contribution >= 0.6 is 34.2 Å². The normalized spacial score (nSPS) is 10.4. The summed E-state index contributed by atoms with van der Waals surface area (Å²) in [4.78, 5) is 12.1. The molecule has 0 fully saturated rings. The Morgan fingerprint density at radius 1 is 1.50 bits per heavy atom. The molecule has 1 aromatic heterocycles. The Morgan fingerprint density at radius 2 is 2.22 bits per heavy atom. The Labute approximate surface area is 123 Å². The molecule has 0 aliphatic rings. The van der Waals surface area contributed by atoms with Crippen LogP contribution in [0.25, 0.3) is 0 Å². The molecule has 0 bridgehead atoms. The second-order valence-electron chi connectivity index (χ2n) is 3.84. The third-order valence-electron chi connectivity index (χ3n) is 2.46. The van der Waals surface area contributed by atoms with E-state index in [4.69, 9.17) is 11.6 Å². The Hall–Kier alpha value is -1.08. The van der Waals surface area contributed by atoms with Crippen molar-refractivity contribution in [2.24, 2.45) is 7.05 Å². The number of nitrogens with one attached hydrogen (secondary N) is 1. The largest absolute Gasteiger partial charge is 0.322 e. The Balaban J connectivity index is 2.27. The molecule has 0 unspecified atom stereocenters. The number of anilines is 1. The molecule has 0 spiro atoms. The molecule has 4 nitrogen and oxygen atoms in total. The quantitative estimate of drug-likeness (QED) is 0.819. The Morgan fingerprint density at radius 3 is 2.78 bits per heavy atom. The number of aryl methyl sites for hydroxylation is 2. The topological polar surface area (TPSA) is 46.9 Å². The van der Waals surface area contributed by atoms with E-state index in [0.717, 1.165) is 9.26 Å². The van der Waals surface area contributed by atoms with Gasteiger partial charge in [0, 0.05) is 16.3 Å². The van der Waals surface area contributed by atoms with Gasteiger partial charge in [0.25, 0.3) is 5.91 Å². The van der Waals surface area contributed by atoms with Crippen molar-refractivity contribution in [3.8, 4) is 0 Å². The van der Waals surface area contributed by atoms with Crippen molar-refractivity contribution in [1.29, 1.82) is 0 Å². The van der Waals surface area contributed by atoms with Crippen LogP contribution in [0.3, 0.4) is 0 Å². The zero-order valence-electron chi connectivity index (χ0n) is 9.87. The van der Waals surface area contributed by atoms with Gasteiger partial charge < -0.3 is 5.32 Å². The molecule has 1 N–H and O–H groups in total. The van der Waals surface area contributed by atoms with Crippen LogP contribution in [0.1, 0.15) is 16.1 Å². The lowest BCUT2D eigenvalue weighted by molar-refractivity contribution is 0.102. The van der Waals surface area contributed by atoms with E-state index in [0.29, 0.717) is 16.4 Å². The number of halogens is 2. The molecular weight excluding hydrogens is 365 g/mol. The summed E-state index contributed by atoms with van der Waals surface area (Å²) in [5.74, 6) is -0.243. The first-order valence-electron chi connectivity index (χ1n) is 5.25. The highest BCUT2D eigenvalue weighted by Gasteiger charge is 2.18. The minimum Gasteiger partial charge on any atom is -0.322 e. The number of rotatable bonds is 2. The standard InChI is InChI=1S/C12H11ClIN3O/c1-7-10(11(13)17(2)16-7)12(18)15-9-5-3-4-8(14)6-9/h3-6H,1-2H3,(H,15,18). The zero-order chi connectivity index (χ0) is 13.3. The first-order chi connectivity index (χ1) is 8.49. The van der Waals surface area contributed by atoms with Gasteiger partial charge in [0.05, 0.1) is 11.3 Å². The molecule has 0 radical (unpaired) electrons. The van der Waals surface area contributed by atoms with Crippen LogP contribution in [-0.2, 0) is 7.05 Å². The molecule has 18 heavy (non-hydrogen) atoms. The van der Waals surface area contributed by atoms with Crippen LogP contribution in [0.2, 0.25) is 5.15 Å². The molecule has 94 valence electrons. The molecule has 2 rings (SSSR count). The van der Waals surface area contributed by atoms with Gasteiger partial charge in [0.15, 0.2) is 0 Å². The van der Waals surface area contributed by atoms with E-state index in [1.165, 1.54) is 4.68 Å². The number of nitrogens with zero attached hydrogens (tertiary/aromatic N) is 2. The van der Waals surface area contributed by atoms with Crippen molar-refractivity contribution in [3.63, 3.8) is 0 Å². The maximum atomic E-state index is 12.1. The highest BCUT2D eigenvalue weighted by Crippen LogP contribution is 2.20. The van der Waals surface area contributed by atoms with E-state index in [9.17, 15) is 4.79 Å². The van der Waals surface area contributed by atoms with Crippen molar-refractivity contribution in [2.75, 3.05) is 5.32 Å². The van der Waals surface area contributed by atoms with Gasteiger partial charge in [-0.05, 0) is 47.7 Å². The fourth-order valence-corrected chi connectivity index (χ4v) is 2.45. The lowest BCUT2D eigenvalue weighted by Crippen LogP contribution is -2.13. The van der Waals surface area contributed by atoms with Crippen molar-refractivity contribution < 1.29 is 4.79 Å². The lowest BCUT2D eigenvalue weighted by Gasteiger charge is -2.05. The number of hydrogen-bond acceptors (Lipinski definition) is 2. The molecule has 0 saturated heterocycles. The van der Waals surface area contributed by atoms with Crippen LogP contribution in [0.15, 0.2) is 24.3 Å². The molecular formula is C12H11ClIN3O. The van der Waals surface area contributed by atoms with E-state index < -0.39 is 0 Å². The number of amides is 1. The SMILES string of the molecule is Cc1nn(C)c(Cl)c1C(=O)Nc1cccc(I)c1. The summed E-state index contributed by atoms with van der Waals surface area (Å²) in [6, 6.07) is 7.56. The van der Waals surface area contributed by atoms with Crippen molar-refractivity contribution in [3.05, 3.63) is 44.2 Å². The fourth-order valence-electron chi connectivity index (χ4n) is 1.65. The first kappa shape index (κ1) is 13.4. The number of carbonyl (C=O) groups excluding carboxylic acids is 1. The van der Waals surface area contributed by atoms with Gasteiger partial charge in [-0.3, -0.25) is 9.48 Å². The molecule has 0 aliphatic heterocycles. The molecule has 0 aliphatic carbocycles. The summed E-state index contributed by atoms with van der Waals surface area (Å²) in [5.41, 5.74) is 1.77. The van der Waals surface area contributed by atoms with E-state index >= 15 is 0 Å². The Bertz CT molecular complexity index is 609. The van der Waals surface area contributed by atoms with Gasteiger partial charge in [0.1, 0.15) is 5.15 Å². The Kier molecular flexibility index (Phi) is 3.91. The number of hydrogen-bond donors (Lipinski definition) is 1. The number of carbonyl (C=O) groups is 1. The van der Waals surface area contributed by atoms with Crippen LogP contribution < -0.4 is 5.32 Å². The molecule has 0 saturated carbocycles. The summed E-state index contributed by atoms with van der Waals surface area (Å²) in [7, 11) is 1.71. The van der Waals surface area contributed by atoms with Crippen LogP contribution in [0.5, 0.6) is 0 Å². The van der Waals surface area contributed by atoms with E-state index in [-0.39, 0.29) is 5.91 Å². The lowest BCUT2D eigenvalue weighted by atomic mass is 10.2. The second-order valence-corrected chi connectivity index (χ2v) is 5.44. The molecule has 1 amide bonds. The maximum Gasteiger partial charge on any atom is 0.260 e.